The molecule has 0 aliphatic rings. The number of carbonyl (C=O) groups excluding carboxylic acids is 1. The Bertz CT molecular complexity index is 662. The summed E-state index contributed by atoms with van der Waals surface area (Å²) < 4.78 is 7.84. The second-order valence-corrected chi connectivity index (χ2v) is 6.86. The van der Waals surface area contributed by atoms with Gasteiger partial charge >= 0.3 is 0 Å². The maximum atomic E-state index is 12.2. The van der Waals surface area contributed by atoms with E-state index in [1.807, 2.05) is 18.2 Å². The summed E-state index contributed by atoms with van der Waals surface area (Å²) >= 11 is 8.95. The number of amides is 1. The molecule has 104 valence electrons. The first-order valence-electron chi connectivity index (χ1n) is 5.61. The van der Waals surface area contributed by atoms with Crippen LogP contribution in [0, 0.1) is 3.57 Å². The van der Waals surface area contributed by atoms with E-state index in [0.717, 1.165) is 18.2 Å². The second kappa shape index (κ2) is 6.91. The summed E-state index contributed by atoms with van der Waals surface area (Å²) in [4.78, 5) is 12.2. The highest BCUT2D eigenvalue weighted by Crippen LogP contribution is 2.27. The lowest BCUT2D eigenvalue weighted by Crippen LogP contribution is -2.12. The minimum absolute atomic E-state index is 0.159. The molecule has 0 aliphatic carbocycles. The van der Waals surface area contributed by atoms with Crippen LogP contribution in [0.4, 0.5) is 5.69 Å². The molecule has 2 rings (SSSR count). The second-order valence-electron chi connectivity index (χ2n) is 3.93. The fourth-order valence-corrected chi connectivity index (χ4v) is 3.57. The van der Waals surface area contributed by atoms with Gasteiger partial charge in [0.05, 0.1) is 17.3 Å². The van der Waals surface area contributed by atoms with Gasteiger partial charge in [-0.2, -0.15) is 0 Å². The van der Waals surface area contributed by atoms with Crippen molar-refractivity contribution in [2.24, 2.45) is 0 Å². The molecule has 0 aromatic heterocycles. The number of ether oxygens (including phenoxy) is 1. The van der Waals surface area contributed by atoms with Crippen molar-refractivity contribution in [3.05, 3.63) is 54.5 Å². The summed E-state index contributed by atoms with van der Waals surface area (Å²) in [6, 6.07) is 10.9. The predicted molar refractivity (Wildman–Crippen MR) is 95.5 cm³/mol. The highest BCUT2D eigenvalue weighted by Gasteiger charge is 2.10. The van der Waals surface area contributed by atoms with E-state index in [0.29, 0.717) is 11.3 Å². The van der Waals surface area contributed by atoms with Gasteiger partial charge in [-0.3, -0.25) is 4.79 Å². The highest BCUT2D eigenvalue weighted by atomic mass is 127. The van der Waals surface area contributed by atoms with Crippen molar-refractivity contribution in [3.63, 3.8) is 0 Å². The van der Waals surface area contributed by atoms with Gasteiger partial charge < -0.3 is 10.1 Å². The Kier molecular flexibility index (Phi) is 5.45. The molecule has 1 N–H and O–H groups in total. The predicted octanol–water partition coefficient (Wildman–Crippen LogP) is 5.08. The van der Waals surface area contributed by atoms with Crippen molar-refractivity contribution < 1.29 is 9.53 Å². The molecule has 0 aliphatic heterocycles. The van der Waals surface area contributed by atoms with Crippen LogP contribution in [0.1, 0.15) is 10.4 Å². The van der Waals surface area contributed by atoms with Crippen LogP contribution in [0.25, 0.3) is 0 Å². The van der Waals surface area contributed by atoms with Gasteiger partial charge in [0.25, 0.3) is 5.91 Å². The summed E-state index contributed by atoms with van der Waals surface area (Å²) in [5, 5.41) is 2.89. The molecule has 0 fully saturated rings. The number of benzene rings is 2. The number of carbonyl (C=O) groups is 1. The first kappa shape index (κ1) is 15.8. The van der Waals surface area contributed by atoms with Crippen LogP contribution in [-0.4, -0.2) is 13.0 Å². The van der Waals surface area contributed by atoms with Crippen molar-refractivity contribution in [1.82, 2.24) is 0 Å². The van der Waals surface area contributed by atoms with E-state index in [-0.39, 0.29) is 5.91 Å². The fourth-order valence-electron chi connectivity index (χ4n) is 1.59. The maximum absolute atomic E-state index is 12.2. The zero-order valence-corrected chi connectivity index (χ0v) is 15.7. The minimum atomic E-state index is -0.159. The lowest BCUT2D eigenvalue weighted by Gasteiger charge is -2.09. The van der Waals surface area contributed by atoms with Crippen molar-refractivity contribution in [2.75, 3.05) is 12.4 Å². The molecule has 20 heavy (non-hydrogen) atoms. The molecule has 3 nitrogen and oxygen atoms in total. The van der Waals surface area contributed by atoms with Crippen LogP contribution in [0.3, 0.4) is 0 Å². The average molecular weight is 511 g/mol. The Morgan fingerprint density at radius 3 is 2.55 bits per heavy atom. The molecule has 0 spiro atoms. The van der Waals surface area contributed by atoms with E-state index in [1.54, 1.807) is 25.3 Å². The fraction of sp³-hybridized carbons (Fsp3) is 0.0714. The monoisotopic (exact) mass is 509 g/mol. The molecule has 6 heteroatoms. The van der Waals surface area contributed by atoms with Crippen molar-refractivity contribution in [2.45, 2.75) is 0 Å². The Labute approximate surface area is 147 Å². The molecule has 0 saturated carbocycles. The SMILES string of the molecule is COc1ccc(C(=O)Nc2ccc(Br)cc2I)cc1Br. The number of nitrogens with one attached hydrogen (secondary N) is 1. The maximum Gasteiger partial charge on any atom is 0.255 e. The third kappa shape index (κ3) is 3.73. The minimum Gasteiger partial charge on any atom is -0.496 e. The molecule has 0 unspecified atom stereocenters. The number of hydrogen-bond acceptors (Lipinski definition) is 2. The molecular weight excluding hydrogens is 501 g/mol. The van der Waals surface area contributed by atoms with Gasteiger partial charge in [-0.15, -0.1) is 0 Å². The Morgan fingerprint density at radius 1 is 1.20 bits per heavy atom. The molecule has 2 aromatic rings. The third-order valence-electron chi connectivity index (χ3n) is 2.59. The van der Waals surface area contributed by atoms with Crippen LogP contribution < -0.4 is 10.1 Å². The van der Waals surface area contributed by atoms with E-state index in [9.17, 15) is 4.79 Å². The molecular formula is C14H10Br2INO2. The van der Waals surface area contributed by atoms with Gasteiger partial charge in [-0.05, 0) is 74.9 Å². The van der Waals surface area contributed by atoms with Crippen molar-refractivity contribution in [1.29, 1.82) is 0 Å². The largest absolute Gasteiger partial charge is 0.496 e. The number of methoxy groups -OCH3 is 1. The summed E-state index contributed by atoms with van der Waals surface area (Å²) in [6.45, 7) is 0. The van der Waals surface area contributed by atoms with E-state index < -0.39 is 0 Å². The lowest BCUT2D eigenvalue weighted by atomic mass is 10.2. The van der Waals surface area contributed by atoms with Crippen LogP contribution in [0.15, 0.2) is 45.3 Å². The van der Waals surface area contributed by atoms with E-state index >= 15 is 0 Å². The van der Waals surface area contributed by atoms with E-state index in [1.165, 1.54) is 0 Å². The summed E-state index contributed by atoms with van der Waals surface area (Å²) in [5.41, 5.74) is 1.35. The van der Waals surface area contributed by atoms with Crippen molar-refractivity contribution >= 4 is 66.0 Å². The normalized spacial score (nSPS) is 10.2. The van der Waals surface area contributed by atoms with Gasteiger partial charge in [-0.1, -0.05) is 15.9 Å². The van der Waals surface area contributed by atoms with Crippen molar-refractivity contribution in [3.8, 4) is 5.75 Å². The Morgan fingerprint density at radius 2 is 1.95 bits per heavy atom. The molecule has 1 amide bonds. The molecule has 0 heterocycles. The lowest BCUT2D eigenvalue weighted by molar-refractivity contribution is 0.102. The molecule has 2 aromatic carbocycles. The Hall–Kier alpha value is -0.600. The molecule has 0 bridgehead atoms. The summed E-state index contributed by atoms with van der Waals surface area (Å²) in [5.74, 6) is 0.536. The van der Waals surface area contributed by atoms with Crippen LogP contribution >= 0.6 is 54.5 Å². The van der Waals surface area contributed by atoms with Gasteiger partial charge in [-0.25, -0.2) is 0 Å². The highest BCUT2D eigenvalue weighted by molar-refractivity contribution is 14.1. The zero-order valence-electron chi connectivity index (χ0n) is 10.4. The Balaban J connectivity index is 2.21. The van der Waals surface area contributed by atoms with Gasteiger partial charge in [0.2, 0.25) is 0 Å². The van der Waals surface area contributed by atoms with E-state index in [2.05, 4.69) is 59.8 Å². The number of rotatable bonds is 3. The number of halogens is 3. The smallest absolute Gasteiger partial charge is 0.255 e. The molecule has 0 atom stereocenters. The van der Waals surface area contributed by atoms with Crippen LogP contribution in [-0.2, 0) is 0 Å². The molecule has 0 radical (unpaired) electrons. The standard InChI is InChI=1S/C14H10Br2INO2/c1-20-13-5-2-8(6-10(13)16)14(19)18-12-4-3-9(15)7-11(12)17/h2-7H,1H3,(H,18,19). The zero-order chi connectivity index (χ0) is 14.7. The van der Waals surface area contributed by atoms with Crippen LogP contribution in [0.5, 0.6) is 5.75 Å². The summed E-state index contributed by atoms with van der Waals surface area (Å²) in [6.07, 6.45) is 0. The van der Waals surface area contributed by atoms with Gasteiger partial charge in [0, 0.05) is 13.6 Å². The summed E-state index contributed by atoms with van der Waals surface area (Å²) in [7, 11) is 1.59. The quantitative estimate of drug-likeness (QED) is 0.585. The average Bonchev–Trinajstić information content (AvgIpc) is 2.41. The molecule has 0 saturated heterocycles. The van der Waals surface area contributed by atoms with Gasteiger partial charge in [0.1, 0.15) is 5.75 Å². The van der Waals surface area contributed by atoms with Gasteiger partial charge in [0.15, 0.2) is 0 Å². The first-order chi connectivity index (χ1) is 9.51. The van der Waals surface area contributed by atoms with E-state index in [4.69, 9.17) is 4.74 Å². The number of hydrogen-bond donors (Lipinski definition) is 1. The first-order valence-corrected chi connectivity index (χ1v) is 8.27. The number of anilines is 1. The topological polar surface area (TPSA) is 38.3 Å². The van der Waals surface area contributed by atoms with Crippen LogP contribution in [0.2, 0.25) is 0 Å². The third-order valence-corrected chi connectivity index (χ3v) is 4.60.